The van der Waals surface area contributed by atoms with E-state index in [1.807, 2.05) is 50.2 Å². The normalized spacial score (nSPS) is 17.1. The maximum Gasteiger partial charge on any atom is 0.251 e. The molecule has 0 unspecified atom stereocenters. The number of benzene rings is 1. The van der Waals surface area contributed by atoms with E-state index in [4.69, 9.17) is 0 Å². The Bertz CT molecular complexity index is 904. The molecule has 2 aromatic rings. The highest BCUT2D eigenvalue weighted by atomic mass is 19.3. The summed E-state index contributed by atoms with van der Waals surface area (Å²) in [6.45, 7) is 3.22. The van der Waals surface area contributed by atoms with Gasteiger partial charge in [0, 0.05) is 42.2 Å². The van der Waals surface area contributed by atoms with E-state index in [1.165, 1.54) is 0 Å². The Kier molecular flexibility index (Phi) is 7.18. The lowest BCUT2D eigenvalue weighted by atomic mass is 9.77. The second-order valence-electron chi connectivity index (χ2n) is 9.33. The standard InChI is InChI=1S/C25H33F2N3O2/c1-17-5-8-19(15-28-17)22(25(11-12-25)24(2,26)27)14-23(32)29-16-20(30(3)4)13-18-6-9-21(31)10-7-18/h5-10,15,20,22,31H,11-14,16H2,1-4H3,(H,29,32)/t20-,22-/m0/s1. The van der Waals surface area contributed by atoms with Gasteiger partial charge in [0.05, 0.1) is 0 Å². The van der Waals surface area contributed by atoms with Crippen LogP contribution in [0.2, 0.25) is 0 Å². The minimum absolute atomic E-state index is 0.00747. The summed E-state index contributed by atoms with van der Waals surface area (Å²) < 4.78 is 29.1. The number of hydrogen-bond donors (Lipinski definition) is 2. The smallest absolute Gasteiger partial charge is 0.251 e. The highest BCUT2D eigenvalue weighted by Gasteiger charge is 2.63. The average Bonchev–Trinajstić information content (AvgIpc) is 3.53. The van der Waals surface area contributed by atoms with Gasteiger partial charge >= 0.3 is 0 Å². The quantitative estimate of drug-likeness (QED) is 0.573. The SMILES string of the molecule is Cc1ccc([C@H](CC(=O)NC[C@H](Cc2ccc(O)cc2)N(C)C)C2(C(C)(F)F)CC2)cn1. The maximum atomic E-state index is 14.5. The molecule has 0 aliphatic heterocycles. The Morgan fingerprint density at radius 2 is 1.88 bits per heavy atom. The van der Waals surface area contributed by atoms with Crippen LogP contribution >= 0.6 is 0 Å². The number of carbonyl (C=O) groups excluding carboxylic acids is 1. The molecule has 0 bridgehead atoms. The molecule has 2 N–H and O–H groups in total. The van der Waals surface area contributed by atoms with Crippen molar-refractivity contribution in [3.63, 3.8) is 0 Å². The molecule has 2 atom stereocenters. The second-order valence-corrected chi connectivity index (χ2v) is 9.33. The fourth-order valence-electron chi connectivity index (χ4n) is 4.38. The van der Waals surface area contributed by atoms with Gasteiger partial charge in [-0.05, 0) is 76.5 Å². The molecular formula is C25H33F2N3O2. The molecule has 0 spiro atoms. The number of pyridine rings is 1. The summed E-state index contributed by atoms with van der Waals surface area (Å²) in [5.41, 5.74) is 1.36. The Morgan fingerprint density at radius 3 is 2.38 bits per heavy atom. The third-order valence-electron chi connectivity index (χ3n) is 6.73. The second kappa shape index (κ2) is 9.53. The van der Waals surface area contributed by atoms with Crippen LogP contribution in [0.5, 0.6) is 5.75 Å². The van der Waals surface area contributed by atoms with Crippen molar-refractivity contribution in [1.82, 2.24) is 15.2 Å². The van der Waals surface area contributed by atoms with Crippen LogP contribution in [0.1, 0.15) is 48.9 Å². The van der Waals surface area contributed by atoms with Gasteiger partial charge in [-0.15, -0.1) is 0 Å². The number of rotatable bonds is 10. The molecule has 0 saturated heterocycles. The van der Waals surface area contributed by atoms with Gasteiger partial charge in [0.2, 0.25) is 5.91 Å². The molecule has 1 saturated carbocycles. The van der Waals surface area contributed by atoms with E-state index in [0.717, 1.165) is 18.2 Å². The Labute approximate surface area is 188 Å². The van der Waals surface area contributed by atoms with Crippen LogP contribution in [-0.2, 0) is 11.2 Å². The zero-order chi connectivity index (χ0) is 23.5. The van der Waals surface area contributed by atoms with Gasteiger partial charge in [0.25, 0.3) is 5.92 Å². The third-order valence-corrected chi connectivity index (χ3v) is 6.73. The van der Waals surface area contributed by atoms with Crippen molar-refractivity contribution in [2.24, 2.45) is 5.41 Å². The fourth-order valence-corrected chi connectivity index (χ4v) is 4.38. The predicted molar refractivity (Wildman–Crippen MR) is 121 cm³/mol. The molecule has 1 aromatic carbocycles. The summed E-state index contributed by atoms with van der Waals surface area (Å²) in [5.74, 6) is -3.47. The van der Waals surface area contributed by atoms with Gasteiger partial charge in [-0.2, -0.15) is 0 Å². The molecule has 1 amide bonds. The molecule has 3 rings (SSSR count). The number of carbonyl (C=O) groups is 1. The summed E-state index contributed by atoms with van der Waals surface area (Å²) >= 11 is 0. The van der Waals surface area contributed by atoms with Crippen molar-refractivity contribution in [3.05, 3.63) is 59.4 Å². The van der Waals surface area contributed by atoms with Crippen LogP contribution in [0.4, 0.5) is 8.78 Å². The molecule has 5 nitrogen and oxygen atoms in total. The molecule has 174 valence electrons. The molecule has 32 heavy (non-hydrogen) atoms. The minimum atomic E-state index is -2.87. The van der Waals surface area contributed by atoms with Crippen molar-refractivity contribution in [2.45, 2.75) is 57.4 Å². The number of phenolic OH excluding ortho intramolecular Hbond substituents is 1. The summed E-state index contributed by atoms with van der Waals surface area (Å²) in [5, 5.41) is 12.4. The number of aromatic nitrogens is 1. The van der Waals surface area contributed by atoms with Crippen LogP contribution < -0.4 is 5.32 Å². The van der Waals surface area contributed by atoms with Crippen molar-refractivity contribution in [1.29, 1.82) is 0 Å². The van der Waals surface area contributed by atoms with Gasteiger partial charge in [-0.25, -0.2) is 8.78 Å². The van der Waals surface area contributed by atoms with Crippen LogP contribution in [-0.4, -0.2) is 53.5 Å². The van der Waals surface area contributed by atoms with Gasteiger partial charge in [0.1, 0.15) is 5.75 Å². The Balaban J connectivity index is 1.69. The zero-order valence-corrected chi connectivity index (χ0v) is 19.2. The average molecular weight is 446 g/mol. The third kappa shape index (κ3) is 5.63. The van der Waals surface area contributed by atoms with E-state index >= 15 is 0 Å². The van der Waals surface area contributed by atoms with Crippen molar-refractivity contribution in [3.8, 4) is 5.75 Å². The monoisotopic (exact) mass is 445 g/mol. The number of hydrogen-bond acceptors (Lipinski definition) is 4. The number of phenols is 1. The molecule has 1 heterocycles. The first-order chi connectivity index (χ1) is 15.0. The first-order valence-corrected chi connectivity index (χ1v) is 11.0. The number of likely N-dealkylation sites (N-methyl/N-ethyl adjacent to an activating group) is 1. The van der Waals surface area contributed by atoms with Crippen molar-refractivity contribution in [2.75, 3.05) is 20.6 Å². The first-order valence-electron chi connectivity index (χ1n) is 11.0. The number of alkyl halides is 2. The maximum absolute atomic E-state index is 14.5. The fraction of sp³-hybridized carbons (Fsp3) is 0.520. The number of aryl methyl sites for hydroxylation is 1. The number of nitrogens with one attached hydrogen (secondary N) is 1. The van der Waals surface area contributed by atoms with E-state index in [2.05, 4.69) is 10.3 Å². The lowest BCUT2D eigenvalue weighted by Crippen LogP contribution is -2.43. The molecule has 1 aliphatic rings. The van der Waals surface area contributed by atoms with Gasteiger partial charge in [-0.1, -0.05) is 18.2 Å². The molecule has 1 aromatic heterocycles. The van der Waals surface area contributed by atoms with Crippen LogP contribution in [0.3, 0.4) is 0 Å². The zero-order valence-electron chi connectivity index (χ0n) is 19.2. The molecule has 7 heteroatoms. The number of halogens is 2. The van der Waals surface area contributed by atoms with Crippen LogP contribution in [0, 0.1) is 12.3 Å². The lowest BCUT2D eigenvalue weighted by Gasteiger charge is -2.32. The van der Waals surface area contributed by atoms with E-state index in [9.17, 15) is 18.7 Å². The van der Waals surface area contributed by atoms with E-state index < -0.39 is 17.3 Å². The Morgan fingerprint density at radius 1 is 1.22 bits per heavy atom. The minimum Gasteiger partial charge on any atom is -0.508 e. The molecule has 1 aliphatic carbocycles. The van der Waals surface area contributed by atoms with E-state index in [0.29, 0.717) is 31.4 Å². The van der Waals surface area contributed by atoms with E-state index in [-0.39, 0.29) is 24.1 Å². The topological polar surface area (TPSA) is 65.5 Å². The van der Waals surface area contributed by atoms with E-state index in [1.54, 1.807) is 18.3 Å². The van der Waals surface area contributed by atoms with Gasteiger partial charge in [0.15, 0.2) is 0 Å². The molecule has 1 fully saturated rings. The highest BCUT2D eigenvalue weighted by Crippen LogP contribution is 2.65. The summed E-state index contributed by atoms with van der Waals surface area (Å²) in [4.78, 5) is 19.2. The summed E-state index contributed by atoms with van der Waals surface area (Å²) in [7, 11) is 3.88. The highest BCUT2D eigenvalue weighted by molar-refractivity contribution is 5.77. The number of nitrogens with zero attached hydrogens (tertiary/aromatic N) is 2. The predicted octanol–water partition coefficient (Wildman–Crippen LogP) is 4.29. The molecular weight excluding hydrogens is 412 g/mol. The summed E-state index contributed by atoms with van der Waals surface area (Å²) in [6, 6.07) is 10.7. The Hall–Kier alpha value is -2.54. The first kappa shape index (κ1) is 24.1. The number of amides is 1. The largest absolute Gasteiger partial charge is 0.508 e. The van der Waals surface area contributed by atoms with Gasteiger partial charge in [-0.3, -0.25) is 9.78 Å². The molecule has 0 radical (unpaired) electrons. The van der Waals surface area contributed by atoms with Crippen molar-refractivity contribution >= 4 is 5.91 Å². The summed E-state index contributed by atoms with van der Waals surface area (Å²) in [6.07, 6.45) is 3.14. The van der Waals surface area contributed by atoms with Crippen molar-refractivity contribution < 1.29 is 18.7 Å². The number of aromatic hydroxyl groups is 1. The van der Waals surface area contributed by atoms with Crippen LogP contribution in [0.15, 0.2) is 42.6 Å². The van der Waals surface area contributed by atoms with Crippen LogP contribution in [0.25, 0.3) is 0 Å². The van der Waals surface area contributed by atoms with Gasteiger partial charge < -0.3 is 15.3 Å². The lowest BCUT2D eigenvalue weighted by molar-refractivity contribution is -0.123.